The molecule has 1 aromatic carbocycles. The summed E-state index contributed by atoms with van der Waals surface area (Å²) in [6, 6.07) is 8.99. The van der Waals surface area contributed by atoms with Gasteiger partial charge < -0.3 is 5.32 Å². The molecule has 6 unspecified atom stereocenters. The van der Waals surface area contributed by atoms with Gasteiger partial charge in [-0.15, -0.1) is 11.8 Å². The predicted octanol–water partition coefficient (Wildman–Crippen LogP) is 4.16. The van der Waals surface area contributed by atoms with Gasteiger partial charge in [-0.25, -0.2) is 0 Å². The van der Waals surface area contributed by atoms with Crippen molar-refractivity contribution in [2.75, 3.05) is 4.90 Å². The first-order valence-corrected chi connectivity index (χ1v) is 12.7. The molecule has 3 fully saturated rings. The second-order valence-electron chi connectivity index (χ2n) is 9.77. The van der Waals surface area contributed by atoms with Crippen LogP contribution in [-0.2, 0) is 9.59 Å². The van der Waals surface area contributed by atoms with Crippen molar-refractivity contribution in [1.82, 2.24) is 5.32 Å². The Labute approximate surface area is 197 Å². The molecule has 3 amide bonds. The highest BCUT2D eigenvalue weighted by molar-refractivity contribution is 8.04. The summed E-state index contributed by atoms with van der Waals surface area (Å²) >= 11 is 1.63. The molecule has 2 bridgehead atoms. The summed E-state index contributed by atoms with van der Waals surface area (Å²) in [5, 5.41) is 13.7. The zero-order valence-corrected chi connectivity index (χ0v) is 19.0. The Kier molecular flexibility index (Phi) is 4.95. The highest BCUT2D eigenvalue weighted by Crippen LogP contribution is 2.53. The van der Waals surface area contributed by atoms with Crippen LogP contribution in [-0.4, -0.2) is 23.0 Å². The molecule has 168 valence electrons. The zero-order valence-electron chi connectivity index (χ0n) is 18.2. The van der Waals surface area contributed by atoms with Crippen molar-refractivity contribution in [3.05, 3.63) is 52.6 Å². The van der Waals surface area contributed by atoms with E-state index in [-0.39, 0.29) is 47.3 Å². The third-order valence-electron chi connectivity index (χ3n) is 8.04. The number of allylic oxidation sites excluding steroid dienone is 3. The lowest BCUT2D eigenvalue weighted by atomic mass is 9.85. The highest BCUT2D eigenvalue weighted by atomic mass is 32.2. The Morgan fingerprint density at radius 2 is 1.67 bits per heavy atom. The molecular formula is C26H25N3O3S. The minimum Gasteiger partial charge on any atom is -0.316 e. The summed E-state index contributed by atoms with van der Waals surface area (Å²) in [5.41, 5.74) is 1.67. The number of amides is 3. The van der Waals surface area contributed by atoms with Gasteiger partial charge in [0.1, 0.15) is 0 Å². The number of carbonyl (C=O) groups excluding carboxylic acids is 3. The smallest absolute Gasteiger partial charge is 0.256 e. The quantitative estimate of drug-likeness (QED) is 0.542. The van der Waals surface area contributed by atoms with Gasteiger partial charge in [0, 0.05) is 16.7 Å². The Morgan fingerprint density at radius 1 is 1.00 bits per heavy atom. The van der Waals surface area contributed by atoms with Crippen molar-refractivity contribution >= 4 is 35.2 Å². The molecule has 0 aromatic heterocycles. The number of hydrogen-bond acceptors (Lipinski definition) is 5. The number of carbonyl (C=O) groups is 3. The average Bonchev–Trinajstić information content (AvgIpc) is 3.53. The van der Waals surface area contributed by atoms with Crippen molar-refractivity contribution in [2.45, 2.75) is 43.8 Å². The highest BCUT2D eigenvalue weighted by Gasteiger charge is 2.59. The fourth-order valence-corrected chi connectivity index (χ4v) is 7.95. The maximum atomic E-state index is 13.0. The van der Waals surface area contributed by atoms with E-state index in [0.29, 0.717) is 27.1 Å². The number of thioether (sulfide) groups is 1. The minimum atomic E-state index is -0.272. The minimum absolute atomic E-state index is 0.122. The van der Waals surface area contributed by atoms with E-state index in [4.69, 9.17) is 0 Å². The molecule has 5 aliphatic rings. The first-order valence-electron chi connectivity index (χ1n) is 11.9. The number of rotatable bonds is 3. The van der Waals surface area contributed by atoms with Gasteiger partial charge in [0.25, 0.3) is 5.91 Å². The van der Waals surface area contributed by atoms with Gasteiger partial charge in [0.15, 0.2) is 0 Å². The molecule has 6 rings (SSSR count). The number of nitrogens with zero attached hydrogens (tertiary/aromatic N) is 2. The molecule has 0 spiro atoms. The third kappa shape index (κ3) is 3.18. The molecule has 2 aliphatic heterocycles. The lowest BCUT2D eigenvalue weighted by Crippen LogP contribution is -2.32. The van der Waals surface area contributed by atoms with E-state index in [9.17, 15) is 19.6 Å². The first kappa shape index (κ1) is 20.7. The summed E-state index contributed by atoms with van der Waals surface area (Å²) in [5.74, 6) is -0.412. The van der Waals surface area contributed by atoms with Gasteiger partial charge in [-0.2, -0.15) is 5.26 Å². The van der Waals surface area contributed by atoms with Gasteiger partial charge in [0.05, 0.1) is 34.2 Å². The van der Waals surface area contributed by atoms with Crippen molar-refractivity contribution in [3.63, 3.8) is 0 Å². The summed E-state index contributed by atoms with van der Waals surface area (Å²) < 4.78 is 0. The van der Waals surface area contributed by atoms with Gasteiger partial charge in [-0.1, -0.05) is 31.4 Å². The topological polar surface area (TPSA) is 90.3 Å². The van der Waals surface area contributed by atoms with Gasteiger partial charge in [-0.05, 0) is 55.4 Å². The number of anilines is 1. The molecule has 1 saturated heterocycles. The third-order valence-corrected chi connectivity index (χ3v) is 9.47. The van der Waals surface area contributed by atoms with Crippen LogP contribution >= 0.6 is 11.8 Å². The van der Waals surface area contributed by atoms with Gasteiger partial charge in [0.2, 0.25) is 11.8 Å². The molecule has 1 aromatic rings. The lowest BCUT2D eigenvalue weighted by molar-refractivity contribution is -0.123. The van der Waals surface area contributed by atoms with E-state index in [2.05, 4.69) is 23.5 Å². The normalized spacial score (nSPS) is 34.3. The van der Waals surface area contributed by atoms with Crippen LogP contribution in [0.25, 0.3) is 0 Å². The molecular weight excluding hydrogens is 434 g/mol. The number of imide groups is 1. The van der Waals surface area contributed by atoms with Crippen LogP contribution in [0.1, 0.15) is 48.9 Å². The van der Waals surface area contributed by atoms with Crippen LogP contribution in [0.5, 0.6) is 0 Å². The van der Waals surface area contributed by atoms with E-state index in [1.807, 2.05) is 0 Å². The maximum absolute atomic E-state index is 13.0. The molecule has 7 heteroatoms. The SMILES string of the molecule is N#CC1=C(NC(=O)c2ccc(N3C(=O)C4C5C=CC(C5)C4C3=O)cc2)SC2CCCCCC12. The predicted molar refractivity (Wildman–Crippen MR) is 125 cm³/mol. The zero-order chi connectivity index (χ0) is 22.7. The number of hydrogen-bond donors (Lipinski definition) is 1. The second kappa shape index (κ2) is 7.88. The van der Waals surface area contributed by atoms with E-state index in [0.717, 1.165) is 25.7 Å². The molecule has 33 heavy (non-hydrogen) atoms. The summed E-state index contributed by atoms with van der Waals surface area (Å²) in [6.07, 6.45) is 10.7. The molecule has 2 heterocycles. The standard InChI is InChI=1S/C26H25N3O3S/c27-13-19-18-4-2-1-3-5-20(18)33-24(19)28-23(30)14-8-10-17(11-9-14)29-25(31)21-15-6-7-16(12-15)22(21)26(29)32/h6-11,15-16,18,20-22H,1-5,12H2,(H,28,30). The largest absolute Gasteiger partial charge is 0.316 e. The summed E-state index contributed by atoms with van der Waals surface area (Å²) in [6.45, 7) is 0. The molecule has 3 aliphatic carbocycles. The van der Waals surface area contributed by atoms with Crippen molar-refractivity contribution in [2.24, 2.45) is 29.6 Å². The van der Waals surface area contributed by atoms with Gasteiger partial charge in [-0.3, -0.25) is 19.3 Å². The van der Waals surface area contributed by atoms with Crippen molar-refractivity contribution in [3.8, 4) is 6.07 Å². The van der Waals surface area contributed by atoms with Crippen LogP contribution in [0.2, 0.25) is 0 Å². The monoisotopic (exact) mass is 459 g/mol. The summed E-state index contributed by atoms with van der Waals surface area (Å²) in [4.78, 5) is 40.2. The van der Waals surface area contributed by atoms with Crippen LogP contribution in [0.3, 0.4) is 0 Å². The van der Waals surface area contributed by atoms with E-state index < -0.39 is 0 Å². The number of nitriles is 1. The second-order valence-corrected chi connectivity index (χ2v) is 11.0. The maximum Gasteiger partial charge on any atom is 0.256 e. The fraction of sp³-hybridized carbons (Fsp3) is 0.462. The van der Waals surface area contributed by atoms with Crippen LogP contribution in [0.4, 0.5) is 5.69 Å². The number of fused-ring (bicyclic) bond motifs is 6. The molecule has 1 N–H and O–H groups in total. The lowest BCUT2D eigenvalue weighted by Gasteiger charge is -2.17. The van der Waals surface area contributed by atoms with Crippen LogP contribution in [0, 0.1) is 40.9 Å². The van der Waals surface area contributed by atoms with Crippen molar-refractivity contribution < 1.29 is 14.4 Å². The Morgan fingerprint density at radius 3 is 2.33 bits per heavy atom. The van der Waals surface area contributed by atoms with E-state index in [1.165, 1.54) is 17.7 Å². The average molecular weight is 460 g/mol. The number of benzene rings is 1. The van der Waals surface area contributed by atoms with E-state index in [1.54, 1.807) is 36.0 Å². The fourth-order valence-electron chi connectivity index (χ4n) is 6.45. The summed E-state index contributed by atoms with van der Waals surface area (Å²) in [7, 11) is 0. The first-order chi connectivity index (χ1) is 16.1. The van der Waals surface area contributed by atoms with Crippen LogP contribution < -0.4 is 10.2 Å². The number of nitrogens with one attached hydrogen (secondary N) is 1. The van der Waals surface area contributed by atoms with Crippen molar-refractivity contribution in [1.29, 1.82) is 5.26 Å². The van der Waals surface area contributed by atoms with Crippen LogP contribution in [0.15, 0.2) is 47.0 Å². The molecule has 6 nitrogen and oxygen atoms in total. The van der Waals surface area contributed by atoms with E-state index >= 15 is 0 Å². The molecule has 2 saturated carbocycles. The molecule has 6 atom stereocenters. The van der Waals surface area contributed by atoms with Gasteiger partial charge >= 0.3 is 0 Å². The molecule has 0 radical (unpaired) electrons. The Balaban J connectivity index is 1.18. The Hall–Kier alpha value is -2.85. The Bertz CT molecular complexity index is 1120.